The number of guanidine groups is 1. The van der Waals surface area contributed by atoms with E-state index in [9.17, 15) is 5.11 Å². The van der Waals surface area contributed by atoms with Crippen LogP contribution in [0.5, 0.6) is 17.2 Å². The lowest BCUT2D eigenvalue weighted by molar-refractivity contribution is 0.147. The van der Waals surface area contributed by atoms with Gasteiger partial charge in [-0.3, -0.25) is 4.90 Å². The highest BCUT2D eigenvalue weighted by Crippen LogP contribution is 2.37. The first-order chi connectivity index (χ1) is 13.6. The van der Waals surface area contributed by atoms with Gasteiger partial charge in [0.2, 0.25) is 5.75 Å². The van der Waals surface area contributed by atoms with Crippen LogP contribution in [0.15, 0.2) is 17.1 Å². The van der Waals surface area contributed by atoms with Gasteiger partial charge in [0.25, 0.3) is 0 Å². The Morgan fingerprint density at radius 2 is 1.89 bits per heavy atom. The molecule has 0 saturated carbocycles. The molecule has 7 heteroatoms. The molecule has 0 radical (unpaired) electrons. The van der Waals surface area contributed by atoms with Crippen molar-refractivity contribution in [3.8, 4) is 17.2 Å². The second-order valence-electron chi connectivity index (χ2n) is 7.06. The molecule has 7 nitrogen and oxygen atoms in total. The number of aromatic hydroxyl groups is 1. The van der Waals surface area contributed by atoms with Crippen molar-refractivity contribution in [1.29, 1.82) is 0 Å². The number of aliphatic imine (C=N–C) groups is 1. The number of methoxy groups -OCH3 is 2. The Bertz CT molecular complexity index is 611. The van der Waals surface area contributed by atoms with Gasteiger partial charge < -0.3 is 25.2 Å². The molecule has 1 heterocycles. The molecule has 1 atom stereocenters. The minimum Gasteiger partial charge on any atom is -0.502 e. The maximum Gasteiger partial charge on any atom is 0.200 e. The molecule has 1 saturated heterocycles. The summed E-state index contributed by atoms with van der Waals surface area (Å²) >= 11 is 0. The number of phenols is 1. The molecular formula is C21H36N4O3. The van der Waals surface area contributed by atoms with Crippen molar-refractivity contribution in [2.45, 2.75) is 52.1 Å². The molecule has 158 valence electrons. The molecule has 2 rings (SSSR count). The third-order valence-electron chi connectivity index (χ3n) is 5.22. The summed E-state index contributed by atoms with van der Waals surface area (Å²) in [6.45, 7) is 8.69. The normalized spacial score (nSPS) is 18.0. The molecule has 0 aliphatic carbocycles. The van der Waals surface area contributed by atoms with Gasteiger partial charge in [-0.05, 0) is 50.4 Å². The van der Waals surface area contributed by atoms with Crippen molar-refractivity contribution in [3.05, 3.63) is 17.7 Å². The summed E-state index contributed by atoms with van der Waals surface area (Å²) in [5.41, 5.74) is 0.908. The Morgan fingerprint density at radius 1 is 1.18 bits per heavy atom. The predicted octanol–water partition coefficient (Wildman–Crippen LogP) is 2.73. The monoisotopic (exact) mass is 392 g/mol. The third kappa shape index (κ3) is 6.19. The second kappa shape index (κ2) is 11.6. The van der Waals surface area contributed by atoms with Gasteiger partial charge in [0, 0.05) is 25.7 Å². The van der Waals surface area contributed by atoms with E-state index < -0.39 is 0 Å². The fourth-order valence-corrected chi connectivity index (χ4v) is 3.69. The number of ether oxygens (including phenoxy) is 2. The molecular weight excluding hydrogens is 356 g/mol. The molecule has 0 amide bonds. The number of piperidine rings is 1. The highest BCUT2D eigenvalue weighted by molar-refractivity contribution is 5.79. The zero-order chi connectivity index (χ0) is 20.4. The lowest BCUT2D eigenvalue weighted by Gasteiger charge is -2.35. The summed E-state index contributed by atoms with van der Waals surface area (Å²) in [6, 6.07) is 4.28. The van der Waals surface area contributed by atoms with Crippen LogP contribution in [0, 0.1) is 0 Å². The van der Waals surface area contributed by atoms with E-state index in [1.807, 2.05) is 0 Å². The molecule has 1 aromatic carbocycles. The number of hydrogen-bond donors (Lipinski definition) is 3. The second-order valence-corrected chi connectivity index (χ2v) is 7.06. The smallest absolute Gasteiger partial charge is 0.200 e. The van der Waals surface area contributed by atoms with Crippen molar-refractivity contribution in [3.63, 3.8) is 0 Å². The van der Waals surface area contributed by atoms with Gasteiger partial charge >= 0.3 is 0 Å². The molecule has 0 aromatic heterocycles. The average molecular weight is 393 g/mol. The zero-order valence-electron chi connectivity index (χ0n) is 17.8. The fraction of sp³-hybridized carbons (Fsp3) is 0.667. The number of rotatable bonds is 9. The molecule has 1 aliphatic rings. The quantitative estimate of drug-likeness (QED) is 0.443. The summed E-state index contributed by atoms with van der Waals surface area (Å²) in [6.07, 6.45) is 5.19. The van der Waals surface area contributed by atoms with Crippen molar-refractivity contribution in [2.75, 3.05) is 40.4 Å². The van der Waals surface area contributed by atoms with E-state index in [0.717, 1.165) is 31.2 Å². The van der Waals surface area contributed by atoms with Crippen LogP contribution in [-0.4, -0.2) is 62.4 Å². The zero-order valence-corrected chi connectivity index (χ0v) is 17.8. The molecule has 0 bridgehead atoms. The van der Waals surface area contributed by atoms with E-state index in [1.165, 1.54) is 46.4 Å². The van der Waals surface area contributed by atoms with Gasteiger partial charge in [-0.2, -0.15) is 0 Å². The maximum atomic E-state index is 10.0. The van der Waals surface area contributed by atoms with Gasteiger partial charge in [-0.1, -0.05) is 13.3 Å². The van der Waals surface area contributed by atoms with Crippen molar-refractivity contribution < 1.29 is 14.6 Å². The van der Waals surface area contributed by atoms with Crippen LogP contribution in [0.3, 0.4) is 0 Å². The van der Waals surface area contributed by atoms with Crippen molar-refractivity contribution in [1.82, 2.24) is 15.5 Å². The first kappa shape index (κ1) is 22.1. The Kier molecular flexibility index (Phi) is 9.20. The topological polar surface area (TPSA) is 78.4 Å². The van der Waals surface area contributed by atoms with E-state index in [1.54, 1.807) is 12.1 Å². The minimum absolute atomic E-state index is 0.00905. The fourth-order valence-electron chi connectivity index (χ4n) is 3.69. The summed E-state index contributed by atoms with van der Waals surface area (Å²) < 4.78 is 10.4. The van der Waals surface area contributed by atoms with Crippen LogP contribution in [0.25, 0.3) is 0 Å². The summed E-state index contributed by atoms with van der Waals surface area (Å²) in [7, 11) is 3.05. The van der Waals surface area contributed by atoms with Crippen LogP contribution < -0.4 is 20.1 Å². The largest absolute Gasteiger partial charge is 0.502 e. The lowest BCUT2D eigenvalue weighted by atomic mass is 10.0. The van der Waals surface area contributed by atoms with E-state index in [0.29, 0.717) is 24.1 Å². The van der Waals surface area contributed by atoms with Gasteiger partial charge in [0.1, 0.15) is 0 Å². The molecule has 1 aromatic rings. The SMILES string of the molecule is CCNC(=NCc1cc(OC)c(O)c(OC)c1)NCCN1CCCCC1CC. The first-order valence-electron chi connectivity index (χ1n) is 10.3. The number of phenolic OH excluding ortho intramolecular Hbond substituents is 1. The highest BCUT2D eigenvalue weighted by atomic mass is 16.5. The molecule has 1 fully saturated rings. The Hall–Kier alpha value is -2.15. The van der Waals surface area contributed by atoms with Gasteiger partial charge in [-0.15, -0.1) is 0 Å². The summed E-state index contributed by atoms with van der Waals surface area (Å²) in [4.78, 5) is 7.26. The van der Waals surface area contributed by atoms with Crippen LogP contribution in [-0.2, 0) is 6.54 Å². The Morgan fingerprint density at radius 3 is 2.50 bits per heavy atom. The maximum absolute atomic E-state index is 10.0. The van der Waals surface area contributed by atoms with Crippen LogP contribution in [0.4, 0.5) is 0 Å². The highest BCUT2D eigenvalue weighted by Gasteiger charge is 2.20. The van der Waals surface area contributed by atoms with E-state index >= 15 is 0 Å². The van der Waals surface area contributed by atoms with Gasteiger partial charge in [0.05, 0.1) is 20.8 Å². The number of nitrogens with one attached hydrogen (secondary N) is 2. The first-order valence-corrected chi connectivity index (χ1v) is 10.3. The summed E-state index contributed by atoms with van der Waals surface area (Å²) in [5.74, 6) is 1.57. The number of nitrogens with zero attached hydrogens (tertiary/aromatic N) is 2. The molecule has 3 N–H and O–H groups in total. The molecule has 0 spiro atoms. The predicted molar refractivity (Wildman–Crippen MR) is 114 cm³/mol. The van der Waals surface area contributed by atoms with E-state index in [-0.39, 0.29) is 5.75 Å². The lowest BCUT2D eigenvalue weighted by Crippen LogP contribution is -2.45. The van der Waals surface area contributed by atoms with Gasteiger partial charge in [0.15, 0.2) is 17.5 Å². The minimum atomic E-state index is 0.00905. The molecule has 1 aliphatic heterocycles. The third-order valence-corrected chi connectivity index (χ3v) is 5.22. The molecule has 1 unspecified atom stereocenters. The van der Waals surface area contributed by atoms with Crippen LogP contribution in [0.1, 0.15) is 45.1 Å². The van der Waals surface area contributed by atoms with E-state index in [2.05, 4.69) is 34.4 Å². The Labute approximate surface area is 169 Å². The van der Waals surface area contributed by atoms with Crippen molar-refractivity contribution >= 4 is 5.96 Å². The molecule has 28 heavy (non-hydrogen) atoms. The Balaban J connectivity index is 1.96. The number of benzene rings is 1. The summed E-state index contributed by atoms with van der Waals surface area (Å²) in [5, 5.41) is 16.8. The number of likely N-dealkylation sites (tertiary alicyclic amines) is 1. The van der Waals surface area contributed by atoms with Crippen LogP contribution in [0.2, 0.25) is 0 Å². The number of hydrogen-bond acceptors (Lipinski definition) is 5. The van der Waals surface area contributed by atoms with E-state index in [4.69, 9.17) is 9.47 Å². The van der Waals surface area contributed by atoms with Crippen LogP contribution >= 0.6 is 0 Å². The standard InChI is InChI=1S/C21H36N4O3/c1-5-17-9-7-8-11-25(17)12-10-23-21(22-6-2)24-15-16-13-18(27-3)20(26)19(14-16)28-4/h13-14,17,26H,5-12,15H2,1-4H3,(H2,22,23,24). The van der Waals surface area contributed by atoms with Crippen molar-refractivity contribution in [2.24, 2.45) is 4.99 Å². The average Bonchev–Trinajstić information content (AvgIpc) is 2.73. The van der Waals surface area contributed by atoms with Gasteiger partial charge in [-0.25, -0.2) is 4.99 Å².